The van der Waals surface area contributed by atoms with E-state index in [-0.39, 0.29) is 25.5 Å². The van der Waals surface area contributed by atoms with Crippen molar-refractivity contribution in [3.63, 3.8) is 0 Å². The number of carbonyl (C=O) groups excluding carboxylic acids is 1. The highest BCUT2D eigenvalue weighted by atomic mass is 16.4. The third kappa shape index (κ3) is 4.85. The van der Waals surface area contributed by atoms with Crippen LogP contribution in [0.4, 0.5) is 0 Å². The predicted octanol–water partition coefficient (Wildman–Crippen LogP) is 0.304. The SMILES string of the molecule is C#CCN(CC(=O)O)C(C)C(=O)NCc1ccco1. The van der Waals surface area contributed by atoms with Gasteiger partial charge in [0.2, 0.25) is 5.91 Å². The molecule has 0 radical (unpaired) electrons. The van der Waals surface area contributed by atoms with Crippen molar-refractivity contribution in [1.82, 2.24) is 10.2 Å². The van der Waals surface area contributed by atoms with Gasteiger partial charge >= 0.3 is 5.97 Å². The lowest BCUT2D eigenvalue weighted by molar-refractivity contribution is -0.139. The lowest BCUT2D eigenvalue weighted by Gasteiger charge is -2.24. The standard InChI is InChI=1S/C13H16N2O4/c1-3-6-15(9-12(16)17)10(2)13(18)14-8-11-5-4-7-19-11/h1,4-5,7,10H,6,8-9H2,2H3,(H,14,18)(H,16,17). The summed E-state index contributed by atoms with van der Waals surface area (Å²) in [5, 5.41) is 11.4. The molecule has 0 aliphatic carbocycles. The van der Waals surface area contributed by atoms with E-state index in [2.05, 4.69) is 11.2 Å². The minimum absolute atomic E-state index is 0.0988. The van der Waals surface area contributed by atoms with Gasteiger partial charge < -0.3 is 14.8 Å². The minimum Gasteiger partial charge on any atom is -0.480 e. The topological polar surface area (TPSA) is 82.8 Å². The Morgan fingerprint density at radius 2 is 2.37 bits per heavy atom. The molecule has 0 aliphatic heterocycles. The number of rotatable bonds is 7. The average molecular weight is 264 g/mol. The molecule has 1 amide bonds. The maximum atomic E-state index is 11.9. The Hall–Kier alpha value is -2.26. The summed E-state index contributed by atoms with van der Waals surface area (Å²) in [6.45, 7) is 1.69. The first-order valence-electron chi connectivity index (χ1n) is 5.74. The number of carboxylic acid groups (broad SMARTS) is 1. The van der Waals surface area contributed by atoms with Crippen LogP contribution in [0.15, 0.2) is 22.8 Å². The van der Waals surface area contributed by atoms with Gasteiger partial charge in [0.1, 0.15) is 5.76 Å². The Kier molecular flexibility index (Phi) is 5.64. The number of hydrogen-bond donors (Lipinski definition) is 2. The van der Waals surface area contributed by atoms with E-state index >= 15 is 0 Å². The van der Waals surface area contributed by atoms with Crippen LogP contribution in [0.3, 0.4) is 0 Å². The third-order valence-corrected chi connectivity index (χ3v) is 2.58. The summed E-state index contributed by atoms with van der Waals surface area (Å²) in [6.07, 6.45) is 6.68. The molecule has 0 bridgehead atoms. The van der Waals surface area contributed by atoms with Gasteiger partial charge in [-0.3, -0.25) is 14.5 Å². The first-order valence-corrected chi connectivity index (χ1v) is 5.74. The van der Waals surface area contributed by atoms with Gasteiger partial charge in [0, 0.05) is 0 Å². The van der Waals surface area contributed by atoms with Crippen molar-refractivity contribution in [3.8, 4) is 12.3 Å². The largest absolute Gasteiger partial charge is 0.480 e. The average Bonchev–Trinajstić information content (AvgIpc) is 2.87. The molecule has 102 valence electrons. The van der Waals surface area contributed by atoms with Gasteiger partial charge in [0.15, 0.2) is 0 Å². The molecule has 19 heavy (non-hydrogen) atoms. The van der Waals surface area contributed by atoms with Crippen LogP contribution in [0.5, 0.6) is 0 Å². The van der Waals surface area contributed by atoms with Gasteiger partial charge in [0.25, 0.3) is 0 Å². The maximum absolute atomic E-state index is 11.9. The number of furan rings is 1. The minimum atomic E-state index is -1.03. The summed E-state index contributed by atoms with van der Waals surface area (Å²) in [5.74, 6) is 1.64. The number of nitrogens with one attached hydrogen (secondary N) is 1. The molecule has 0 saturated heterocycles. The third-order valence-electron chi connectivity index (χ3n) is 2.58. The number of aliphatic carboxylic acids is 1. The lowest BCUT2D eigenvalue weighted by Crippen LogP contribution is -2.47. The number of carboxylic acids is 1. The predicted molar refractivity (Wildman–Crippen MR) is 68.1 cm³/mol. The van der Waals surface area contributed by atoms with Crippen molar-refractivity contribution in [2.24, 2.45) is 0 Å². The summed E-state index contributed by atoms with van der Waals surface area (Å²) < 4.78 is 5.08. The number of nitrogens with zero attached hydrogens (tertiary/aromatic N) is 1. The molecule has 0 aromatic carbocycles. The second kappa shape index (κ2) is 7.24. The zero-order chi connectivity index (χ0) is 14.3. The summed E-state index contributed by atoms with van der Waals surface area (Å²) >= 11 is 0. The number of carbonyl (C=O) groups is 2. The van der Waals surface area contributed by atoms with Crippen LogP contribution in [0.2, 0.25) is 0 Å². The molecule has 0 fully saturated rings. The van der Waals surface area contributed by atoms with Crippen LogP contribution in [-0.2, 0) is 16.1 Å². The van der Waals surface area contributed by atoms with Crippen molar-refractivity contribution in [2.75, 3.05) is 13.1 Å². The lowest BCUT2D eigenvalue weighted by atomic mass is 10.2. The molecular formula is C13H16N2O4. The van der Waals surface area contributed by atoms with Crippen LogP contribution >= 0.6 is 0 Å². The van der Waals surface area contributed by atoms with Crippen molar-refractivity contribution in [2.45, 2.75) is 19.5 Å². The first kappa shape index (κ1) is 14.8. The number of amides is 1. The summed E-state index contributed by atoms with van der Waals surface area (Å²) in [6, 6.07) is 2.84. The van der Waals surface area contributed by atoms with E-state index in [1.165, 1.54) is 11.2 Å². The van der Waals surface area contributed by atoms with E-state index in [9.17, 15) is 9.59 Å². The van der Waals surface area contributed by atoms with Gasteiger partial charge in [0.05, 0.1) is 31.9 Å². The van der Waals surface area contributed by atoms with E-state index in [1.807, 2.05) is 0 Å². The fourth-order valence-electron chi connectivity index (χ4n) is 1.52. The van der Waals surface area contributed by atoms with Crippen LogP contribution in [0.25, 0.3) is 0 Å². The fraction of sp³-hybridized carbons (Fsp3) is 0.385. The van der Waals surface area contributed by atoms with Crippen LogP contribution < -0.4 is 5.32 Å². The second-order valence-corrected chi connectivity index (χ2v) is 3.98. The van der Waals surface area contributed by atoms with Gasteiger partial charge in [-0.1, -0.05) is 5.92 Å². The summed E-state index contributed by atoms with van der Waals surface area (Å²) in [7, 11) is 0. The zero-order valence-electron chi connectivity index (χ0n) is 10.6. The van der Waals surface area contributed by atoms with Gasteiger partial charge in [-0.2, -0.15) is 0 Å². The Balaban J connectivity index is 2.52. The van der Waals surface area contributed by atoms with E-state index in [1.54, 1.807) is 19.1 Å². The van der Waals surface area contributed by atoms with Gasteiger partial charge in [-0.25, -0.2) is 0 Å². The molecule has 1 aromatic heterocycles. The smallest absolute Gasteiger partial charge is 0.317 e. The molecule has 1 heterocycles. The molecule has 6 heteroatoms. The Labute approximate surface area is 111 Å². The Morgan fingerprint density at radius 1 is 1.63 bits per heavy atom. The van der Waals surface area contributed by atoms with Crippen LogP contribution in [0.1, 0.15) is 12.7 Å². The number of hydrogen-bond acceptors (Lipinski definition) is 4. The maximum Gasteiger partial charge on any atom is 0.317 e. The molecule has 1 atom stereocenters. The van der Waals surface area contributed by atoms with Crippen molar-refractivity contribution in [1.29, 1.82) is 0 Å². The molecule has 1 rings (SSSR count). The van der Waals surface area contributed by atoms with Gasteiger partial charge in [-0.15, -0.1) is 6.42 Å². The van der Waals surface area contributed by atoms with E-state index in [4.69, 9.17) is 15.9 Å². The Morgan fingerprint density at radius 3 is 2.89 bits per heavy atom. The van der Waals surface area contributed by atoms with E-state index in [0.29, 0.717) is 5.76 Å². The molecule has 1 unspecified atom stereocenters. The molecule has 1 aromatic rings. The normalized spacial score (nSPS) is 11.8. The zero-order valence-corrected chi connectivity index (χ0v) is 10.6. The first-order chi connectivity index (χ1) is 9.04. The highest BCUT2D eigenvalue weighted by molar-refractivity contribution is 5.82. The Bertz CT molecular complexity index is 461. The highest BCUT2D eigenvalue weighted by Crippen LogP contribution is 2.02. The van der Waals surface area contributed by atoms with Crippen molar-refractivity contribution >= 4 is 11.9 Å². The molecule has 0 saturated carbocycles. The summed E-state index contributed by atoms with van der Waals surface area (Å²) in [4.78, 5) is 24.0. The summed E-state index contributed by atoms with van der Waals surface area (Å²) in [5.41, 5.74) is 0. The molecule has 0 aliphatic rings. The molecule has 0 spiro atoms. The fourth-order valence-corrected chi connectivity index (χ4v) is 1.52. The molecular weight excluding hydrogens is 248 g/mol. The highest BCUT2D eigenvalue weighted by Gasteiger charge is 2.22. The molecule has 6 nitrogen and oxygen atoms in total. The molecule has 2 N–H and O–H groups in total. The quantitative estimate of drug-likeness (QED) is 0.692. The second-order valence-electron chi connectivity index (χ2n) is 3.98. The van der Waals surface area contributed by atoms with Crippen LogP contribution in [0, 0.1) is 12.3 Å². The van der Waals surface area contributed by atoms with E-state index < -0.39 is 12.0 Å². The van der Waals surface area contributed by atoms with E-state index in [0.717, 1.165) is 0 Å². The van der Waals surface area contributed by atoms with Crippen molar-refractivity contribution < 1.29 is 19.1 Å². The van der Waals surface area contributed by atoms with Crippen LogP contribution in [-0.4, -0.2) is 41.0 Å². The van der Waals surface area contributed by atoms with Gasteiger partial charge in [-0.05, 0) is 19.1 Å². The number of terminal acetylenes is 1. The van der Waals surface area contributed by atoms with Crippen molar-refractivity contribution in [3.05, 3.63) is 24.2 Å². The monoisotopic (exact) mass is 264 g/mol.